The molecule has 0 aliphatic carbocycles. The molecule has 2 aromatic carbocycles. The molecule has 7 nitrogen and oxygen atoms in total. The molecule has 0 radical (unpaired) electrons. The van der Waals surface area contributed by atoms with E-state index >= 15 is 0 Å². The second kappa shape index (κ2) is 10.8. The second-order valence-electron chi connectivity index (χ2n) is 8.72. The van der Waals surface area contributed by atoms with Crippen molar-refractivity contribution in [3.05, 3.63) is 53.6 Å². The third-order valence-electron chi connectivity index (χ3n) is 6.40. The zero-order valence-corrected chi connectivity index (χ0v) is 21.1. The third kappa shape index (κ3) is 5.41. The van der Waals surface area contributed by atoms with E-state index in [4.69, 9.17) is 0 Å². The number of anilines is 1. The number of hydrogen-bond acceptors (Lipinski definition) is 5. The highest BCUT2D eigenvalue weighted by Crippen LogP contribution is 2.28. The van der Waals surface area contributed by atoms with Crippen LogP contribution in [0.15, 0.2) is 52.3 Å². The van der Waals surface area contributed by atoms with Crippen LogP contribution in [0.2, 0.25) is 0 Å². The molecule has 2 amide bonds. The van der Waals surface area contributed by atoms with Crippen molar-refractivity contribution in [2.45, 2.75) is 48.3 Å². The molecular weight excluding hydrogens is 470 g/mol. The first-order valence-electron chi connectivity index (χ1n) is 11.8. The van der Waals surface area contributed by atoms with Crippen LogP contribution in [0.25, 0.3) is 0 Å². The maximum absolute atomic E-state index is 13.3. The van der Waals surface area contributed by atoms with E-state index in [0.717, 1.165) is 43.4 Å². The molecule has 0 unspecified atom stereocenters. The van der Waals surface area contributed by atoms with Crippen LogP contribution in [0.4, 0.5) is 5.69 Å². The number of carbonyl (C=O) groups excluding carboxylic acids is 2. The van der Waals surface area contributed by atoms with Gasteiger partial charge in [-0.1, -0.05) is 25.0 Å². The SMILES string of the molecule is CSc1ccc(S(=O)(=O)Nc2ccccc2C(=O)N2CCCCCC2)cc1C(=O)N1CCCC1. The summed E-state index contributed by atoms with van der Waals surface area (Å²) in [5, 5.41) is 0. The molecule has 0 spiro atoms. The van der Waals surface area contributed by atoms with Gasteiger partial charge in [0, 0.05) is 31.1 Å². The molecule has 9 heteroatoms. The Morgan fingerprint density at radius 1 is 0.794 bits per heavy atom. The van der Waals surface area contributed by atoms with Crippen molar-refractivity contribution in [3.8, 4) is 0 Å². The first-order chi connectivity index (χ1) is 16.4. The van der Waals surface area contributed by atoms with E-state index in [2.05, 4.69) is 4.72 Å². The first-order valence-corrected chi connectivity index (χ1v) is 14.5. The molecule has 1 N–H and O–H groups in total. The van der Waals surface area contributed by atoms with E-state index in [0.29, 0.717) is 37.3 Å². The minimum atomic E-state index is -4.01. The number of likely N-dealkylation sites (tertiary alicyclic amines) is 2. The summed E-state index contributed by atoms with van der Waals surface area (Å²) in [5.74, 6) is -0.307. The summed E-state index contributed by atoms with van der Waals surface area (Å²) in [4.78, 5) is 30.6. The lowest BCUT2D eigenvalue weighted by molar-refractivity contribution is 0.0760. The molecule has 34 heavy (non-hydrogen) atoms. The average Bonchev–Trinajstić information content (AvgIpc) is 3.25. The standard InChI is InChI=1S/C25H31N3O4S2/c1-33-23-13-12-19(18-21(23)25(30)28-16-8-9-17-28)34(31,32)26-22-11-5-4-10-20(22)24(29)27-14-6-2-3-7-15-27/h4-5,10-13,18,26H,2-3,6-9,14-17H2,1H3. The Bertz CT molecular complexity index is 1150. The van der Waals surface area contributed by atoms with Crippen molar-refractivity contribution in [2.24, 2.45) is 0 Å². The number of nitrogens with zero attached hydrogens (tertiary/aromatic N) is 2. The van der Waals surface area contributed by atoms with Crippen molar-refractivity contribution < 1.29 is 18.0 Å². The predicted molar refractivity (Wildman–Crippen MR) is 135 cm³/mol. The van der Waals surface area contributed by atoms with Gasteiger partial charge in [-0.05, 0) is 62.3 Å². The molecule has 0 saturated carbocycles. The summed E-state index contributed by atoms with van der Waals surface area (Å²) in [7, 11) is -4.01. The maximum atomic E-state index is 13.3. The molecule has 2 aliphatic heterocycles. The minimum Gasteiger partial charge on any atom is -0.339 e. The normalized spacial score (nSPS) is 16.9. The van der Waals surface area contributed by atoms with Gasteiger partial charge in [0.15, 0.2) is 0 Å². The third-order valence-corrected chi connectivity index (χ3v) is 8.56. The summed E-state index contributed by atoms with van der Waals surface area (Å²) < 4.78 is 29.3. The van der Waals surface area contributed by atoms with Crippen LogP contribution < -0.4 is 4.72 Å². The van der Waals surface area contributed by atoms with Gasteiger partial charge >= 0.3 is 0 Å². The van der Waals surface area contributed by atoms with Crippen molar-refractivity contribution in [1.29, 1.82) is 0 Å². The van der Waals surface area contributed by atoms with E-state index < -0.39 is 10.0 Å². The number of benzene rings is 2. The van der Waals surface area contributed by atoms with Gasteiger partial charge in [0.1, 0.15) is 0 Å². The average molecular weight is 502 g/mol. The Morgan fingerprint density at radius 3 is 1.97 bits per heavy atom. The molecule has 2 heterocycles. The number of amides is 2. The number of thioether (sulfide) groups is 1. The van der Waals surface area contributed by atoms with Gasteiger partial charge in [-0.3, -0.25) is 14.3 Å². The highest BCUT2D eigenvalue weighted by Gasteiger charge is 2.26. The van der Waals surface area contributed by atoms with Crippen LogP contribution in [0.3, 0.4) is 0 Å². The fraction of sp³-hybridized carbons (Fsp3) is 0.440. The Kier molecular flexibility index (Phi) is 7.83. The molecule has 0 bridgehead atoms. The van der Waals surface area contributed by atoms with Gasteiger partial charge < -0.3 is 9.80 Å². The zero-order valence-electron chi connectivity index (χ0n) is 19.5. The number of rotatable bonds is 6. The first kappa shape index (κ1) is 24.6. The molecule has 2 aromatic rings. The molecule has 2 saturated heterocycles. The predicted octanol–water partition coefficient (Wildman–Crippen LogP) is 4.46. The molecule has 182 valence electrons. The van der Waals surface area contributed by atoms with Gasteiger partial charge in [-0.15, -0.1) is 11.8 Å². The summed E-state index contributed by atoms with van der Waals surface area (Å²) in [6.07, 6.45) is 7.90. The number of sulfonamides is 1. The van der Waals surface area contributed by atoms with Crippen molar-refractivity contribution >= 4 is 39.3 Å². The van der Waals surface area contributed by atoms with Crippen LogP contribution in [0.1, 0.15) is 59.2 Å². The van der Waals surface area contributed by atoms with Crippen molar-refractivity contribution in [3.63, 3.8) is 0 Å². The number of nitrogens with one attached hydrogen (secondary N) is 1. The van der Waals surface area contributed by atoms with Gasteiger partial charge in [-0.25, -0.2) is 8.42 Å². The van der Waals surface area contributed by atoms with Crippen molar-refractivity contribution in [1.82, 2.24) is 9.80 Å². The molecular formula is C25H31N3O4S2. The van der Waals surface area contributed by atoms with Crippen LogP contribution >= 0.6 is 11.8 Å². The lowest BCUT2D eigenvalue weighted by atomic mass is 10.1. The van der Waals surface area contributed by atoms with Gasteiger partial charge in [0.05, 0.1) is 21.7 Å². The topological polar surface area (TPSA) is 86.8 Å². The quantitative estimate of drug-likeness (QED) is 0.591. The van der Waals surface area contributed by atoms with E-state index in [1.165, 1.54) is 23.9 Å². The summed E-state index contributed by atoms with van der Waals surface area (Å²) in [6, 6.07) is 11.3. The minimum absolute atomic E-state index is 0.00451. The fourth-order valence-electron chi connectivity index (χ4n) is 4.52. The van der Waals surface area contributed by atoms with Crippen LogP contribution in [-0.4, -0.2) is 62.5 Å². The fourth-order valence-corrected chi connectivity index (χ4v) is 6.19. The van der Waals surface area contributed by atoms with Gasteiger partial charge in [-0.2, -0.15) is 0 Å². The summed E-state index contributed by atoms with van der Waals surface area (Å²) in [5.41, 5.74) is 0.978. The Hall–Kier alpha value is -2.52. The lowest BCUT2D eigenvalue weighted by Crippen LogP contribution is -2.32. The van der Waals surface area contributed by atoms with E-state index in [1.807, 2.05) is 6.26 Å². The largest absolute Gasteiger partial charge is 0.339 e. The summed E-state index contributed by atoms with van der Waals surface area (Å²) >= 11 is 1.42. The highest BCUT2D eigenvalue weighted by atomic mass is 32.2. The molecule has 4 rings (SSSR count). The summed E-state index contributed by atoms with van der Waals surface area (Å²) in [6.45, 7) is 2.73. The van der Waals surface area contributed by atoms with Gasteiger partial charge in [0.2, 0.25) is 0 Å². The maximum Gasteiger partial charge on any atom is 0.261 e. The number of hydrogen-bond donors (Lipinski definition) is 1. The van der Waals surface area contributed by atoms with E-state index in [1.54, 1.807) is 40.1 Å². The lowest BCUT2D eigenvalue weighted by Gasteiger charge is -2.22. The van der Waals surface area contributed by atoms with Crippen molar-refractivity contribution in [2.75, 3.05) is 37.2 Å². The van der Waals surface area contributed by atoms with Crippen LogP contribution in [0.5, 0.6) is 0 Å². The van der Waals surface area contributed by atoms with Crippen LogP contribution in [-0.2, 0) is 10.0 Å². The Morgan fingerprint density at radius 2 is 1.35 bits per heavy atom. The molecule has 2 aliphatic rings. The highest BCUT2D eigenvalue weighted by molar-refractivity contribution is 7.98. The Labute approximate surface area is 205 Å². The second-order valence-corrected chi connectivity index (χ2v) is 11.2. The monoisotopic (exact) mass is 501 g/mol. The number of carbonyl (C=O) groups is 2. The smallest absolute Gasteiger partial charge is 0.261 e. The zero-order chi connectivity index (χ0) is 24.1. The molecule has 2 fully saturated rings. The molecule has 0 aromatic heterocycles. The van der Waals surface area contributed by atoms with E-state index in [9.17, 15) is 18.0 Å². The van der Waals surface area contributed by atoms with Crippen LogP contribution in [0, 0.1) is 0 Å². The van der Waals surface area contributed by atoms with Gasteiger partial charge in [0.25, 0.3) is 21.8 Å². The Balaban J connectivity index is 1.62. The number of para-hydroxylation sites is 1. The van der Waals surface area contributed by atoms with E-state index in [-0.39, 0.29) is 22.4 Å². The molecule has 0 atom stereocenters.